The molecule has 1 aromatic heterocycles. The fraction of sp³-hybridized carbons (Fsp3) is 0.421. The van der Waals surface area contributed by atoms with E-state index in [1.165, 1.54) is 12.4 Å². The summed E-state index contributed by atoms with van der Waals surface area (Å²) in [6, 6.07) is 3.64. The van der Waals surface area contributed by atoms with E-state index in [9.17, 15) is 14.9 Å². The minimum Gasteiger partial charge on any atom is -0.437 e. The monoisotopic (exact) mass is 383 g/mol. The number of amides is 1. The quantitative estimate of drug-likeness (QED) is 0.736. The van der Waals surface area contributed by atoms with E-state index in [-0.39, 0.29) is 17.5 Å². The number of β-amino-alcohol motifs (C(OH)–C–C–N with tert-alkyl or cyclic N) is 1. The van der Waals surface area contributed by atoms with Crippen molar-refractivity contribution in [1.82, 2.24) is 14.9 Å². The Kier molecular flexibility index (Phi) is 4.82. The van der Waals surface area contributed by atoms with Crippen molar-refractivity contribution in [3.8, 4) is 11.6 Å². The van der Waals surface area contributed by atoms with Crippen molar-refractivity contribution in [1.29, 1.82) is 0 Å². The number of likely N-dealkylation sites (tertiary alicyclic amines) is 1. The average Bonchev–Trinajstić information content (AvgIpc) is 3.04. The Morgan fingerprint density at radius 1 is 1.36 bits per heavy atom. The summed E-state index contributed by atoms with van der Waals surface area (Å²) < 4.78 is 11.0. The highest BCUT2D eigenvalue weighted by molar-refractivity contribution is 6.62. The number of ether oxygens (including phenoxy) is 1. The van der Waals surface area contributed by atoms with E-state index in [0.717, 1.165) is 23.0 Å². The van der Waals surface area contributed by atoms with Crippen molar-refractivity contribution < 1.29 is 24.3 Å². The van der Waals surface area contributed by atoms with Gasteiger partial charge in [-0.3, -0.25) is 4.79 Å². The van der Waals surface area contributed by atoms with Crippen LogP contribution in [0, 0.1) is 6.92 Å². The predicted octanol–water partition coefficient (Wildman–Crippen LogP) is 0.782. The highest BCUT2D eigenvalue weighted by atomic mass is 16.5. The molecule has 0 atom stereocenters. The van der Waals surface area contributed by atoms with Crippen LogP contribution in [0.4, 0.5) is 0 Å². The van der Waals surface area contributed by atoms with E-state index < -0.39 is 12.7 Å². The van der Waals surface area contributed by atoms with Crippen LogP contribution in [0.5, 0.6) is 11.6 Å². The van der Waals surface area contributed by atoms with Gasteiger partial charge in [0, 0.05) is 0 Å². The highest BCUT2D eigenvalue weighted by Crippen LogP contribution is 2.28. The lowest BCUT2D eigenvalue weighted by Crippen LogP contribution is -2.63. The van der Waals surface area contributed by atoms with Gasteiger partial charge in [0.05, 0.1) is 37.7 Å². The molecule has 2 aliphatic heterocycles. The lowest BCUT2D eigenvalue weighted by molar-refractivity contribution is -0.0861. The van der Waals surface area contributed by atoms with Gasteiger partial charge >= 0.3 is 7.12 Å². The zero-order chi connectivity index (χ0) is 19.9. The van der Waals surface area contributed by atoms with Crippen molar-refractivity contribution in [2.75, 3.05) is 13.1 Å². The predicted molar refractivity (Wildman–Crippen MR) is 101 cm³/mol. The van der Waals surface area contributed by atoms with E-state index >= 15 is 0 Å². The molecular formula is C19H22BN3O5. The maximum atomic E-state index is 12.4. The SMILES string of the molecule is CCCC1(O)CN(C(=O)c2cnc(Oc3ccc4c(c3C)B(O)OC4)cn2)C1. The zero-order valence-electron chi connectivity index (χ0n) is 15.9. The van der Waals surface area contributed by atoms with Gasteiger partial charge in [0.15, 0.2) is 0 Å². The first kappa shape index (κ1) is 18.9. The van der Waals surface area contributed by atoms with E-state index in [4.69, 9.17) is 9.39 Å². The van der Waals surface area contributed by atoms with Gasteiger partial charge < -0.3 is 24.4 Å². The number of nitrogens with zero attached hydrogens (tertiary/aromatic N) is 3. The van der Waals surface area contributed by atoms with Crippen LogP contribution < -0.4 is 10.2 Å². The van der Waals surface area contributed by atoms with Crippen LogP contribution in [-0.4, -0.2) is 56.7 Å². The van der Waals surface area contributed by atoms with Gasteiger partial charge in [-0.05, 0) is 36.0 Å². The minimum absolute atomic E-state index is 0.209. The third-order valence-corrected chi connectivity index (χ3v) is 5.23. The van der Waals surface area contributed by atoms with Gasteiger partial charge in [-0.15, -0.1) is 0 Å². The second-order valence-corrected chi connectivity index (χ2v) is 7.40. The zero-order valence-corrected chi connectivity index (χ0v) is 15.9. The van der Waals surface area contributed by atoms with Gasteiger partial charge in [0.25, 0.3) is 5.91 Å². The molecule has 0 saturated carbocycles. The fourth-order valence-electron chi connectivity index (χ4n) is 3.78. The first-order chi connectivity index (χ1) is 13.4. The molecule has 2 aliphatic rings. The molecule has 0 bridgehead atoms. The molecule has 28 heavy (non-hydrogen) atoms. The van der Waals surface area contributed by atoms with Crippen LogP contribution >= 0.6 is 0 Å². The Balaban J connectivity index is 1.44. The number of carbonyl (C=O) groups excluding carboxylic acids is 1. The molecule has 1 fully saturated rings. The summed E-state index contributed by atoms with van der Waals surface area (Å²) in [5, 5.41) is 20.2. The van der Waals surface area contributed by atoms with Crippen LogP contribution in [-0.2, 0) is 11.3 Å². The molecule has 1 aromatic carbocycles. The standard InChI is InChI=1S/C19H22BN3O5/c1-3-6-19(25)10-23(11-19)18(24)14-7-22-16(8-21-14)28-15-5-4-13-9-27-20(26)17(13)12(15)2/h4-5,7-8,25-26H,3,6,9-11H2,1-2H3. The number of hydrogen-bond donors (Lipinski definition) is 2. The van der Waals surface area contributed by atoms with E-state index in [1.807, 2.05) is 19.9 Å². The molecular weight excluding hydrogens is 361 g/mol. The normalized spacial score (nSPS) is 17.3. The first-order valence-electron chi connectivity index (χ1n) is 9.34. The topological polar surface area (TPSA) is 105 Å². The number of aromatic nitrogens is 2. The summed E-state index contributed by atoms with van der Waals surface area (Å²) in [6.45, 7) is 4.86. The Hall–Kier alpha value is -2.49. The molecule has 1 amide bonds. The minimum atomic E-state index is -0.951. The van der Waals surface area contributed by atoms with Gasteiger partial charge in [-0.25, -0.2) is 9.97 Å². The number of fused-ring (bicyclic) bond motifs is 1. The molecule has 0 unspecified atom stereocenters. The Labute approximate surface area is 163 Å². The van der Waals surface area contributed by atoms with Crippen molar-refractivity contribution in [2.45, 2.75) is 38.9 Å². The third kappa shape index (κ3) is 3.37. The van der Waals surface area contributed by atoms with Crippen LogP contribution in [0.3, 0.4) is 0 Å². The molecule has 0 aliphatic carbocycles. The molecule has 4 rings (SSSR count). The van der Waals surface area contributed by atoms with Gasteiger partial charge in [0.1, 0.15) is 11.4 Å². The molecule has 0 radical (unpaired) electrons. The number of carbonyl (C=O) groups is 1. The van der Waals surface area contributed by atoms with Crippen molar-refractivity contribution >= 4 is 18.5 Å². The molecule has 1 saturated heterocycles. The van der Waals surface area contributed by atoms with Crippen molar-refractivity contribution in [2.24, 2.45) is 0 Å². The maximum absolute atomic E-state index is 12.4. The van der Waals surface area contributed by atoms with Crippen LogP contribution in [0.15, 0.2) is 24.5 Å². The number of benzene rings is 1. The van der Waals surface area contributed by atoms with E-state index in [1.54, 1.807) is 11.0 Å². The van der Waals surface area contributed by atoms with Crippen molar-refractivity contribution in [3.05, 3.63) is 41.3 Å². The lowest BCUT2D eigenvalue weighted by atomic mass is 9.76. The van der Waals surface area contributed by atoms with Crippen LogP contribution in [0.1, 0.15) is 41.4 Å². The number of hydrogen-bond acceptors (Lipinski definition) is 7. The molecule has 9 heteroatoms. The fourth-order valence-corrected chi connectivity index (χ4v) is 3.78. The Bertz CT molecular complexity index is 899. The highest BCUT2D eigenvalue weighted by Gasteiger charge is 2.43. The summed E-state index contributed by atoms with van der Waals surface area (Å²) >= 11 is 0. The average molecular weight is 383 g/mol. The van der Waals surface area contributed by atoms with E-state index in [0.29, 0.717) is 31.9 Å². The molecule has 0 spiro atoms. The van der Waals surface area contributed by atoms with Gasteiger partial charge in [-0.1, -0.05) is 19.4 Å². The van der Waals surface area contributed by atoms with Gasteiger partial charge in [-0.2, -0.15) is 0 Å². The first-order valence-corrected chi connectivity index (χ1v) is 9.34. The largest absolute Gasteiger partial charge is 0.492 e. The third-order valence-electron chi connectivity index (χ3n) is 5.23. The lowest BCUT2D eigenvalue weighted by Gasteiger charge is -2.46. The molecule has 8 nitrogen and oxygen atoms in total. The molecule has 2 aromatic rings. The molecule has 2 N–H and O–H groups in total. The van der Waals surface area contributed by atoms with Crippen molar-refractivity contribution in [3.63, 3.8) is 0 Å². The Morgan fingerprint density at radius 2 is 2.14 bits per heavy atom. The smallest absolute Gasteiger partial charge is 0.437 e. The van der Waals surface area contributed by atoms with Gasteiger partial charge in [0.2, 0.25) is 5.88 Å². The maximum Gasteiger partial charge on any atom is 0.492 e. The summed E-state index contributed by atoms with van der Waals surface area (Å²) in [5.74, 6) is 0.539. The summed E-state index contributed by atoms with van der Waals surface area (Å²) in [7, 11) is -0.951. The van der Waals surface area contributed by atoms with E-state index in [2.05, 4.69) is 9.97 Å². The van der Waals surface area contributed by atoms with Crippen LogP contribution in [0.25, 0.3) is 0 Å². The second kappa shape index (κ2) is 7.16. The number of rotatable bonds is 5. The molecule has 146 valence electrons. The number of aliphatic hydroxyl groups is 1. The second-order valence-electron chi connectivity index (χ2n) is 7.40. The molecule has 3 heterocycles. The van der Waals surface area contributed by atoms with Crippen LogP contribution in [0.2, 0.25) is 0 Å². The summed E-state index contributed by atoms with van der Waals surface area (Å²) in [5.41, 5.74) is 1.86. The Morgan fingerprint density at radius 3 is 2.82 bits per heavy atom. The summed E-state index contributed by atoms with van der Waals surface area (Å²) in [4.78, 5) is 22.3. The summed E-state index contributed by atoms with van der Waals surface area (Å²) in [6.07, 6.45) is 4.31.